The van der Waals surface area contributed by atoms with E-state index in [1.165, 1.54) is 11.9 Å². The van der Waals surface area contributed by atoms with E-state index in [4.69, 9.17) is 11.6 Å². The topological polar surface area (TPSA) is 45.2 Å². The Kier molecular flexibility index (Phi) is 7.69. The molecule has 1 aromatic carbocycles. The van der Waals surface area contributed by atoms with Crippen LogP contribution in [0.3, 0.4) is 0 Å². The first-order valence-corrected chi connectivity index (χ1v) is 11.1. The molecule has 1 aliphatic carbocycles. The van der Waals surface area contributed by atoms with E-state index in [1.807, 2.05) is 6.92 Å². The van der Waals surface area contributed by atoms with Crippen LogP contribution in [0.1, 0.15) is 54.4 Å². The summed E-state index contributed by atoms with van der Waals surface area (Å²) in [6, 6.07) is 7.23. The summed E-state index contributed by atoms with van der Waals surface area (Å²) >= 11 is 5.85. The van der Waals surface area contributed by atoms with E-state index in [9.17, 15) is 31.1 Å². The van der Waals surface area contributed by atoms with Gasteiger partial charge in [-0.3, -0.25) is 4.79 Å². The quantitative estimate of drug-likeness (QED) is 0.375. The molecule has 1 unspecified atom stereocenters. The smallest absolute Gasteiger partial charge is 0.371 e. The molecule has 1 saturated carbocycles. The van der Waals surface area contributed by atoms with Crippen LogP contribution in [0.15, 0.2) is 36.4 Å². The fourth-order valence-corrected chi connectivity index (χ4v) is 4.26. The van der Waals surface area contributed by atoms with Crippen LogP contribution in [-0.4, -0.2) is 30.0 Å². The number of alkyl halides is 6. The van der Waals surface area contributed by atoms with Crippen LogP contribution in [0.25, 0.3) is 0 Å². The number of amides is 1. The van der Waals surface area contributed by atoms with Crippen molar-refractivity contribution in [3.05, 3.63) is 58.4 Å². The molecule has 1 heterocycles. The molecule has 3 rings (SSSR count). The first-order chi connectivity index (χ1) is 15.8. The molecule has 0 saturated heterocycles. The van der Waals surface area contributed by atoms with Crippen LogP contribution >= 0.6 is 11.6 Å². The second-order valence-electron chi connectivity index (χ2n) is 8.57. The summed E-state index contributed by atoms with van der Waals surface area (Å²) in [5.41, 5.74) is -2.92. The summed E-state index contributed by atoms with van der Waals surface area (Å²) in [7, 11) is 1.48. The van der Waals surface area contributed by atoms with Gasteiger partial charge >= 0.3 is 12.4 Å². The summed E-state index contributed by atoms with van der Waals surface area (Å²) in [6.45, 7) is 1.96. The highest BCUT2D eigenvalue weighted by molar-refractivity contribution is 6.30. The molecule has 1 aromatic heterocycles. The molecule has 1 fully saturated rings. The second kappa shape index (κ2) is 10.0. The van der Waals surface area contributed by atoms with E-state index in [-0.39, 0.29) is 29.6 Å². The Hall–Kier alpha value is -2.49. The maximum atomic E-state index is 13.2. The molecule has 0 bridgehead atoms. The molecule has 0 spiro atoms. The maximum absolute atomic E-state index is 13.2. The lowest BCUT2D eigenvalue weighted by molar-refractivity contribution is -0.150. The van der Waals surface area contributed by atoms with Gasteiger partial charge in [-0.1, -0.05) is 18.5 Å². The number of carbonyl (C=O) groups is 1. The maximum Gasteiger partial charge on any atom is 0.433 e. The third-order valence-corrected chi connectivity index (χ3v) is 6.47. The van der Waals surface area contributed by atoms with E-state index >= 15 is 0 Å². The van der Waals surface area contributed by atoms with Crippen LogP contribution in [0.2, 0.25) is 5.02 Å². The Morgan fingerprint density at radius 2 is 1.50 bits per heavy atom. The molecule has 0 aliphatic heterocycles. The van der Waals surface area contributed by atoms with Gasteiger partial charge < -0.3 is 10.2 Å². The summed E-state index contributed by atoms with van der Waals surface area (Å²) in [6.07, 6.45) is -7.81. The van der Waals surface area contributed by atoms with Crippen molar-refractivity contribution in [2.24, 2.45) is 5.92 Å². The van der Waals surface area contributed by atoms with Gasteiger partial charge in [0.15, 0.2) is 0 Å². The van der Waals surface area contributed by atoms with Gasteiger partial charge in [-0.15, -0.1) is 0 Å². The van der Waals surface area contributed by atoms with Crippen molar-refractivity contribution < 1.29 is 31.1 Å². The second-order valence-corrected chi connectivity index (χ2v) is 9.01. The van der Waals surface area contributed by atoms with Gasteiger partial charge in [-0.25, -0.2) is 4.98 Å². The van der Waals surface area contributed by atoms with Crippen LogP contribution < -0.4 is 10.2 Å². The summed E-state index contributed by atoms with van der Waals surface area (Å²) in [4.78, 5) is 16.8. The molecule has 1 N–H and O–H groups in total. The molecular formula is C23H24ClF6N3O. The molecule has 1 amide bonds. The Labute approximate surface area is 198 Å². The number of hydrogen-bond donors (Lipinski definition) is 1. The molecule has 11 heteroatoms. The van der Waals surface area contributed by atoms with E-state index in [0.717, 1.165) is 0 Å². The normalized spacial score (nSPS) is 21.6. The molecule has 4 nitrogen and oxygen atoms in total. The first-order valence-electron chi connectivity index (χ1n) is 10.7. The molecule has 34 heavy (non-hydrogen) atoms. The van der Waals surface area contributed by atoms with E-state index in [2.05, 4.69) is 10.3 Å². The minimum Gasteiger partial charge on any atom is -0.371 e. The summed E-state index contributed by atoms with van der Waals surface area (Å²) in [5.74, 6) is -0.192. The van der Waals surface area contributed by atoms with E-state index < -0.39 is 23.7 Å². The standard InChI is InChI=1S/C23H24ClF6N3O/c1-13-3-8-16(9-10-18(13)31-21(34)14-4-6-15(24)7-5-14)33(2)17-11-19(22(25,26)27)32-20(12-17)23(28,29)30/h4-7,11-13,16,18H,3,8-10H2,1-2H3,(H,31,34)/t13?,16-,18-/m0/s1. The number of halogens is 7. The van der Waals surface area contributed by atoms with Crippen molar-refractivity contribution in [1.29, 1.82) is 0 Å². The van der Waals surface area contributed by atoms with Crippen molar-refractivity contribution in [3.8, 4) is 0 Å². The van der Waals surface area contributed by atoms with Gasteiger partial charge in [0, 0.05) is 35.4 Å². The van der Waals surface area contributed by atoms with Crippen molar-refractivity contribution in [2.75, 3.05) is 11.9 Å². The number of pyridine rings is 1. The predicted octanol–water partition coefficient (Wildman–Crippen LogP) is 6.59. The monoisotopic (exact) mass is 507 g/mol. The Morgan fingerprint density at radius 1 is 0.971 bits per heavy atom. The molecule has 1 aliphatic rings. The minimum atomic E-state index is -5.01. The minimum absolute atomic E-state index is 0.0727. The van der Waals surface area contributed by atoms with E-state index in [0.29, 0.717) is 48.4 Å². The van der Waals surface area contributed by atoms with Crippen molar-refractivity contribution in [1.82, 2.24) is 10.3 Å². The Balaban J connectivity index is 1.76. The highest BCUT2D eigenvalue weighted by Gasteiger charge is 2.39. The lowest BCUT2D eigenvalue weighted by Gasteiger charge is -2.30. The molecule has 3 atom stereocenters. The zero-order chi connectivity index (χ0) is 25.3. The fraction of sp³-hybridized carbons (Fsp3) is 0.478. The Bertz CT molecular complexity index is 977. The zero-order valence-corrected chi connectivity index (χ0v) is 19.2. The average molecular weight is 508 g/mol. The van der Waals surface area contributed by atoms with Gasteiger partial charge in [0.25, 0.3) is 5.91 Å². The SMILES string of the molecule is CC1CC[C@H](N(C)c2cc(C(F)(F)F)nc(C(F)(F)F)c2)CC[C@@H]1NC(=O)c1ccc(Cl)cc1. The third kappa shape index (κ3) is 6.34. The number of aromatic nitrogens is 1. The highest BCUT2D eigenvalue weighted by atomic mass is 35.5. The van der Waals surface area contributed by atoms with Crippen LogP contribution in [0.4, 0.5) is 32.0 Å². The van der Waals surface area contributed by atoms with Crippen molar-refractivity contribution in [2.45, 2.75) is 57.0 Å². The fourth-order valence-electron chi connectivity index (χ4n) is 4.13. The predicted molar refractivity (Wildman–Crippen MR) is 117 cm³/mol. The lowest BCUT2D eigenvalue weighted by atomic mass is 9.96. The van der Waals surface area contributed by atoms with Gasteiger partial charge in [0.2, 0.25) is 0 Å². The van der Waals surface area contributed by atoms with Crippen LogP contribution in [-0.2, 0) is 12.4 Å². The van der Waals surface area contributed by atoms with Crippen LogP contribution in [0, 0.1) is 5.92 Å². The number of benzene rings is 1. The summed E-state index contributed by atoms with van der Waals surface area (Å²) in [5, 5.41) is 3.50. The van der Waals surface area contributed by atoms with Crippen molar-refractivity contribution in [3.63, 3.8) is 0 Å². The molecule has 0 radical (unpaired) electrons. The number of hydrogen-bond acceptors (Lipinski definition) is 3. The van der Waals surface area contributed by atoms with Gasteiger partial charge in [0.05, 0.1) is 0 Å². The molecule has 2 aromatic rings. The number of anilines is 1. The van der Waals surface area contributed by atoms with Gasteiger partial charge in [0.1, 0.15) is 11.4 Å². The highest BCUT2D eigenvalue weighted by Crippen LogP contribution is 2.37. The van der Waals surface area contributed by atoms with Gasteiger partial charge in [-0.05, 0) is 68.0 Å². The number of rotatable bonds is 4. The molecular weight excluding hydrogens is 484 g/mol. The first kappa shape index (κ1) is 26.1. The van der Waals surface area contributed by atoms with Crippen LogP contribution in [0.5, 0.6) is 0 Å². The molecule has 186 valence electrons. The Morgan fingerprint density at radius 3 is 2.03 bits per heavy atom. The third-order valence-electron chi connectivity index (χ3n) is 6.22. The number of nitrogens with zero attached hydrogens (tertiary/aromatic N) is 2. The zero-order valence-electron chi connectivity index (χ0n) is 18.5. The largest absolute Gasteiger partial charge is 0.433 e. The lowest BCUT2D eigenvalue weighted by Crippen LogP contribution is -2.39. The summed E-state index contributed by atoms with van der Waals surface area (Å²) < 4.78 is 79.2. The van der Waals surface area contributed by atoms with Crippen molar-refractivity contribution >= 4 is 23.2 Å². The number of carbonyl (C=O) groups excluding carboxylic acids is 1. The van der Waals surface area contributed by atoms with E-state index in [1.54, 1.807) is 24.3 Å². The van der Waals surface area contributed by atoms with Gasteiger partial charge in [-0.2, -0.15) is 26.3 Å². The average Bonchev–Trinajstić information content (AvgIpc) is 2.94. The number of nitrogens with one attached hydrogen (secondary N) is 1.